The Kier molecular flexibility index (Phi) is 4.48. The maximum absolute atomic E-state index is 5.86. The van der Waals surface area contributed by atoms with Gasteiger partial charge in [-0.3, -0.25) is 0 Å². The third-order valence-electron chi connectivity index (χ3n) is 5.81. The van der Waals surface area contributed by atoms with Gasteiger partial charge in [0.15, 0.2) is 0 Å². The molecule has 3 rings (SSSR count). The Balaban J connectivity index is 1.48. The van der Waals surface area contributed by atoms with Crippen molar-refractivity contribution < 1.29 is 4.74 Å². The van der Waals surface area contributed by atoms with Crippen molar-refractivity contribution in [2.75, 3.05) is 19.8 Å². The van der Waals surface area contributed by atoms with E-state index in [9.17, 15) is 0 Å². The smallest absolute Gasteiger partial charge is 0.0471 e. The van der Waals surface area contributed by atoms with Gasteiger partial charge in [0.05, 0.1) is 0 Å². The normalized spacial score (nSPS) is 37.1. The van der Waals surface area contributed by atoms with E-state index in [0.717, 1.165) is 31.1 Å². The predicted octanol–water partition coefficient (Wildman–Crippen LogP) is 3.75. The van der Waals surface area contributed by atoms with E-state index in [2.05, 4.69) is 12.2 Å². The molecule has 0 aromatic heterocycles. The molecular weight excluding hydrogens is 234 g/mol. The highest BCUT2D eigenvalue weighted by atomic mass is 16.5. The Labute approximate surface area is 118 Å². The summed E-state index contributed by atoms with van der Waals surface area (Å²) in [6.45, 7) is 5.47. The highest BCUT2D eigenvalue weighted by Crippen LogP contribution is 2.57. The Morgan fingerprint density at radius 3 is 2.68 bits per heavy atom. The first-order valence-corrected chi connectivity index (χ1v) is 8.63. The number of hydrogen-bond donors (Lipinski definition) is 1. The van der Waals surface area contributed by atoms with Crippen molar-refractivity contribution in [2.24, 2.45) is 17.3 Å². The monoisotopic (exact) mass is 265 g/mol. The molecule has 3 aliphatic rings. The van der Waals surface area contributed by atoms with E-state index in [0.29, 0.717) is 5.41 Å². The van der Waals surface area contributed by atoms with Crippen molar-refractivity contribution in [3.8, 4) is 0 Å². The van der Waals surface area contributed by atoms with Crippen LogP contribution in [0.15, 0.2) is 0 Å². The van der Waals surface area contributed by atoms with Gasteiger partial charge in [0.2, 0.25) is 0 Å². The summed E-state index contributed by atoms with van der Waals surface area (Å²) in [4.78, 5) is 0. The molecule has 0 radical (unpaired) electrons. The van der Waals surface area contributed by atoms with Crippen molar-refractivity contribution in [1.29, 1.82) is 0 Å². The zero-order valence-electron chi connectivity index (χ0n) is 12.6. The second-order valence-corrected chi connectivity index (χ2v) is 7.31. The first kappa shape index (κ1) is 13.9. The summed E-state index contributed by atoms with van der Waals surface area (Å²) in [5, 5.41) is 3.82. The average molecular weight is 265 g/mol. The van der Waals surface area contributed by atoms with Gasteiger partial charge in [-0.1, -0.05) is 19.8 Å². The van der Waals surface area contributed by atoms with Crippen LogP contribution in [0.3, 0.4) is 0 Å². The van der Waals surface area contributed by atoms with Crippen LogP contribution in [0.2, 0.25) is 0 Å². The van der Waals surface area contributed by atoms with Crippen LogP contribution in [0.1, 0.15) is 64.7 Å². The number of fused-ring (bicyclic) bond motifs is 2. The van der Waals surface area contributed by atoms with Crippen LogP contribution in [0, 0.1) is 17.3 Å². The number of rotatable bonds is 9. The van der Waals surface area contributed by atoms with Crippen molar-refractivity contribution in [2.45, 2.75) is 70.8 Å². The molecule has 0 aliphatic heterocycles. The average Bonchev–Trinajstić information content (AvgIpc) is 3.05. The minimum absolute atomic E-state index is 0.595. The van der Waals surface area contributed by atoms with Crippen LogP contribution in [0.25, 0.3) is 0 Å². The van der Waals surface area contributed by atoms with Crippen molar-refractivity contribution in [1.82, 2.24) is 5.32 Å². The van der Waals surface area contributed by atoms with Gasteiger partial charge in [0.25, 0.3) is 0 Å². The van der Waals surface area contributed by atoms with Crippen LogP contribution < -0.4 is 5.32 Å². The lowest BCUT2D eigenvalue weighted by Crippen LogP contribution is -2.40. The number of nitrogens with one attached hydrogen (secondary N) is 1. The van der Waals surface area contributed by atoms with Gasteiger partial charge in [-0.15, -0.1) is 0 Å². The van der Waals surface area contributed by atoms with Gasteiger partial charge < -0.3 is 10.1 Å². The number of unbranched alkanes of at least 4 members (excludes halogenated alkanes) is 1. The maximum atomic E-state index is 5.86. The predicted molar refractivity (Wildman–Crippen MR) is 79.2 cm³/mol. The molecule has 2 nitrogen and oxygen atoms in total. The van der Waals surface area contributed by atoms with Gasteiger partial charge in [-0.25, -0.2) is 0 Å². The number of hydrogen-bond acceptors (Lipinski definition) is 2. The minimum atomic E-state index is 0.595. The van der Waals surface area contributed by atoms with E-state index in [1.807, 2.05) is 0 Å². The fourth-order valence-corrected chi connectivity index (χ4v) is 4.43. The van der Waals surface area contributed by atoms with E-state index in [1.165, 1.54) is 64.3 Å². The minimum Gasteiger partial charge on any atom is -0.381 e. The third kappa shape index (κ3) is 3.33. The van der Waals surface area contributed by atoms with Gasteiger partial charge in [0.1, 0.15) is 0 Å². The molecule has 3 atom stereocenters. The van der Waals surface area contributed by atoms with E-state index in [4.69, 9.17) is 4.74 Å². The molecule has 0 aromatic rings. The van der Waals surface area contributed by atoms with E-state index < -0.39 is 0 Å². The van der Waals surface area contributed by atoms with Gasteiger partial charge >= 0.3 is 0 Å². The van der Waals surface area contributed by atoms with Crippen LogP contribution in [-0.2, 0) is 4.74 Å². The summed E-state index contributed by atoms with van der Waals surface area (Å²) in [6.07, 6.45) is 12.6. The molecule has 0 saturated heterocycles. The molecule has 3 unspecified atom stereocenters. The van der Waals surface area contributed by atoms with E-state index in [-0.39, 0.29) is 0 Å². The Morgan fingerprint density at radius 2 is 2.05 bits per heavy atom. The second kappa shape index (κ2) is 6.13. The highest BCUT2D eigenvalue weighted by molar-refractivity contribution is 5.02. The van der Waals surface area contributed by atoms with Crippen LogP contribution in [0.5, 0.6) is 0 Å². The molecule has 19 heavy (non-hydrogen) atoms. The number of ether oxygens (including phenoxy) is 1. The molecule has 0 amide bonds. The Morgan fingerprint density at radius 1 is 1.16 bits per heavy atom. The van der Waals surface area contributed by atoms with Crippen LogP contribution in [0.4, 0.5) is 0 Å². The SMILES string of the molecule is CCCCOCCC1(CNC2CC2)CC2CCC1C2. The molecule has 1 N–H and O–H groups in total. The van der Waals surface area contributed by atoms with Crippen molar-refractivity contribution >= 4 is 0 Å². The standard InChI is InChI=1S/C17H31NO/c1-2-3-9-19-10-8-17(13-18-16-6-7-16)12-14-4-5-15(17)11-14/h14-16,18H,2-13H2,1H3. The molecule has 2 bridgehead atoms. The lowest BCUT2D eigenvalue weighted by molar-refractivity contribution is 0.0614. The summed E-state index contributed by atoms with van der Waals surface area (Å²) in [5.74, 6) is 2.04. The zero-order valence-corrected chi connectivity index (χ0v) is 12.6. The van der Waals surface area contributed by atoms with E-state index in [1.54, 1.807) is 0 Å². The molecule has 0 aromatic carbocycles. The fraction of sp³-hybridized carbons (Fsp3) is 1.00. The molecule has 2 heteroatoms. The van der Waals surface area contributed by atoms with Crippen LogP contribution >= 0.6 is 0 Å². The summed E-state index contributed by atoms with van der Waals surface area (Å²) in [6, 6.07) is 0.858. The largest absolute Gasteiger partial charge is 0.381 e. The quantitative estimate of drug-likeness (QED) is 0.641. The topological polar surface area (TPSA) is 21.3 Å². The Hall–Kier alpha value is -0.0800. The maximum Gasteiger partial charge on any atom is 0.0471 e. The molecule has 0 spiro atoms. The molecule has 0 heterocycles. The first-order valence-electron chi connectivity index (χ1n) is 8.63. The summed E-state index contributed by atoms with van der Waals surface area (Å²) >= 11 is 0. The second-order valence-electron chi connectivity index (χ2n) is 7.31. The summed E-state index contributed by atoms with van der Waals surface area (Å²) in [7, 11) is 0. The van der Waals surface area contributed by atoms with Crippen molar-refractivity contribution in [3.63, 3.8) is 0 Å². The van der Waals surface area contributed by atoms with Crippen LogP contribution in [-0.4, -0.2) is 25.8 Å². The fourth-order valence-electron chi connectivity index (χ4n) is 4.43. The van der Waals surface area contributed by atoms with E-state index >= 15 is 0 Å². The molecule has 3 aliphatic carbocycles. The first-order chi connectivity index (χ1) is 9.32. The summed E-state index contributed by atoms with van der Waals surface area (Å²) in [5.41, 5.74) is 0.595. The van der Waals surface area contributed by atoms with Gasteiger partial charge in [-0.05, 0) is 62.2 Å². The Bertz CT molecular complexity index is 289. The molecule has 110 valence electrons. The molecule has 3 saturated carbocycles. The molecule has 3 fully saturated rings. The van der Waals surface area contributed by atoms with Gasteiger partial charge in [0, 0.05) is 25.8 Å². The lowest BCUT2D eigenvalue weighted by atomic mass is 9.71. The van der Waals surface area contributed by atoms with Gasteiger partial charge in [-0.2, -0.15) is 0 Å². The lowest BCUT2D eigenvalue weighted by Gasteiger charge is -2.38. The molecular formula is C17H31NO. The highest BCUT2D eigenvalue weighted by Gasteiger charge is 2.50. The third-order valence-corrected chi connectivity index (χ3v) is 5.81. The summed E-state index contributed by atoms with van der Waals surface area (Å²) < 4.78 is 5.86. The zero-order chi connectivity index (χ0) is 13.1. The van der Waals surface area contributed by atoms with Crippen molar-refractivity contribution in [3.05, 3.63) is 0 Å².